The van der Waals surface area contributed by atoms with Crippen LogP contribution in [-0.2, 0) is 0 Å². The molecule has 3 aromatic carbocycles. The Hall–Kier alpha value is -4.37. The number of nitrogens with zero attached hydrogens (tertiary/aromatic N) is 3. The minimum absolute atomic E-state index is 0.0455. The van der Waals surface area contributed by atoms with Crippen molar-refractivity contribution in [2.45, 2.75) is 39.2 Å². The number of carbonyl (C=O) groups excluding carboxylic acids is 1. The van der Waals surface area contributed by atoms with Gasteiger partial charge in [-0.05, 0) is 58.0 Å². The third kappa shape index (κ3) is 4.14. The van der Waals surface area contributed by atoms with Crippen LogP contribution in [-0.4, -0.2) is 54.6 Å². The van der Waals surface area contributed by atoms with Crippen molar-refractivity contribution < 1.29 is 18.3 Å². The van der Waals surface area contributed by atoms with Crippen molar-refractivity contribution >= 4 is 44.4 Å². The van der Waals surface area contributed by atoms with E-state index in [4.69, 9.17) is 9.15 Å². The van der Waals surface area contributed by atoms with Gasteiger partial charge in [0.2, 0.25) is 5.43 Å². The van der Waals surface area contributed by atoms with Crippen molar-refractivity contribution in [2.24, 2.45) is 0 Å². The molecule has 5 aromatic rings. The van der Waals surface area contributed by atoms with Gasteiger partial charge >= 0.3 is 0 Å². The van der Waals surface area contributed by atoms with Crippen LogP contribution in [0.1, 0.15) is 43.5 Å². The van der Waals surface area contributed by atoms with E-state index < -0.39 is 17.2 Å². The Kier molecular flexibility index (Phi) is 6.42. The lowest BCUT2D eigenvalue weighted by Crippen LogP contribution is -2.35. The minimum Gasteiger partial charge on any atom is -0.456 e. The SMILES string of the molecule is CCN(C)C(C)CCNC(=O)c1cn2c3c(c(N4CCCC4)c(F)cc3c1=O)Oc1cc3c(cc1-2)oc1ccccc13. The zero-order valence-corrected chi connectivity index (χ0v) is 24.0. The van der Waals surface area contributed by atoms with Crippen molar-refractivity contribution in [3.63, 3.8) is 0 Å². The number of fused-ring (bicyclic) bond motifs is 5. The summed E-state index contributed by atoms with van der Waals surface area (Å²) in [6.45, 7) is 6.90. The lowest BCUT2D eigenvalue weighted by atomic mass is 10.0. The Morgan fingerprint density at radius 1 is 1.10 bits per heavy atom. The zero-order chi connectivity index (χ0) is 29.1. The maximum absolute atomic E-state index is 15.9. The third-order valence-corrected chi connectivity index (χ3v) is 8.87. The Balaban J connectivity index is 1.41. The van der Waals surface area contributed by atoms with Crippen molar-refractivity contribution in [1.82, 2.24) is 14.8 Å². The van der Waals surface area contributed by atoms with E-state index in [1.165, 1.54) is 6.07 Å². The van der Waals surface area contributed by atoms with Crippen LogP contribution < -0.4 is 20.4 Å². The summed E-state index contributed by atoms with van der Waals surface area (Å²) in [5.41, 5.74) is 2.23. The Labute approximate surface area is 242 Å². The van der Waals surface area contributed by atoms with E-state index >= 15 is 4.39 Å². The van der Waals surface area contributed by atoms with E-state index in [2.05, 4.69) is 24.1 Å². The van der Waals surface area contributed by atoms with Crippen LogP contribution in [0.2, 0.25) is 0 Å². The van der Waals surface area contributed by atoms with Gasteiger partial charge in [0, 0.05) is 48.7 Å². The molecule has 1 fully saturated rings. The number of para-hydroxylation sites is 1. The average molecular weight is 569 g/mol. The second-order valence-electron chi connectivity index (χ2n) is 11.4. The lowest BCUT2D eigenvalue weighted by molar-refractivity contribution is 0.0948. The molecule has 2 aliphatic heterocycles. The molecule has 9 heteroatoms. The lowest BCUT2D eigenvalue weighted by Gasteiger charge is -2.29. The van der Waals surface area contributed by atoms with Gasteiger partial charge in [-0.15, -0.1) is 0 Å². The summed E-state index contributed by atoms with van der Waals surface area (Å²) >= 11 is 0. The first-order valence-electron chi connectivity index (χ1n) is 14.6. The van der Waals surface area contributed by atoms with Gasteiger partial charge in [-0.2, -0.15) is 0 Å². The Morgan fingerprint density at radius 3 is 2.67 bits per heavy atom. The van der Waals surface area contributed by atoms with Crippen molar-refractivity contribution in [1.29, 1.82) is 0 Å². The molecule has 0 aliphatic carbocycles. The summed E-state index contributed by atoms with van der Waals surface area (Å²) in [5.74, 6) is -0.219. The smallest absolute Gasteiger partial charge is 0.256 e. The first-order valence-corrected chi connectivity index (χ1v) is 14.6. The number of halogens is 1. The maximum Gasteiger partial charge on any atom is 0.256 e. The quantitative estimate of drug-likeness (QED) is 0.247. The fourth-order valence-corrected chi connectivity index (χ4v) is 6.24. The molecule has 216 valence electrons. The zero-order valence-electron chi connectivity index (χ0n) is 24.0. The highest BCUT2D eigenvalue weighted by atomic mass is 19.1. The van der Waals surface area contributed by atoms with E-state index in [9.17, 15) is 9.59 Å². The number of benzene rings is 3. The normalized spacial score (nSPS) is 15.0. The van der Waals surface area contributed by atoms with Crippen LogP contribution in [0.5, 0.6) is 11.5 Å². The van der Waals surface area contributed by atoms with E-state index in [1.54, 1.807) is 10.8 Å². The molecule has 1 unspecified atom stereocenters. The number of amides is 1. The van der Waals surface area contributed by atoms with Gasteiger partial charge in [-0.1, -0.05) is 25.1 Å². The average Bonchev–Trinajstić information content (AvgIpc) is 3.65. The van der Waals surface area contributed by atoms with Gasteiger partial charge in [-0.25, -0.2) is 4.39 Å². The second-order valence-corrected chi connectivity index (χ2v) is 11.4. The summed E-state index contributed by atoms with van der Waals surface area (Å²) in [7, 11) is 2.04. The Bertz CT molecular complexity index is 1940. The number of rotatable bonds is 7. The van der Waals surface area contributed by atoms with Crippen LogP contribution in [0.3, 0.4) is 0 Å². The summed E-state index contributed by atoms with van der Waals surface area (Å²) in [6, 6.07) is 13.0. The molecule has 1 N–H and O–H groups in total. The first-order chi connectivity index (χ1) is 20.4. The minimum atomic E-state index is -0.532. The van der Waals surface area contributed by atoms with Crippen molar-refractivity contribution in [3.05, 3.63) is 70.3 Å². The molecule has 2 aromatic heterocycles. The summed E-state index contributed by atoms with van der Waals surface area (Å²) in [4.78, 5) is 31.3. The number of aromatic nitrogens is 1. The molecule has 1 amide bonds. The molecule has 4 heterocycles. The molecule has 2 aliphatic rings. The molecule has 7 rings (SSSR count). The highest BCUT2D eigenvalue weighted by molar-refractivity contribution is 6.07. The van der Waals surface area contributed by atoms with E-state index in [-0.39, 0.29) is 17.0 Å². The Morgan fingerprint density at radius 2 is 1.88 bits per heavy atom. The van der Waals surface area contributed by atoms with Crippen molar-refractivity contribution in [2.75, 3.05) is 38.1 Å². The van der Waals surface area contributed by atoms with Crippen LogP contribution >= 0.6 is 0 Å². The summed E-state index contributed by atoms with van der Waals surface area (Å²) in [5, 5.41) is 4.82. The highest BCUT2D eigenvalue weighted by Gasteiger charge is 2.32. The largest absolute Gasteiger partial charge is 0.456 e. The van der Waals surface area contributed by atoms with E-state index in [1.807, 2.05) is 48.3 Å². The standard InChI is InChI=1S/C33H33FN4O4/c1-4-36(3)19(2)11-12-35-33(40)23-18-38-25-17-27-21(20-9-5-6-10-26(20)41-27)16-28(25)42-32-29(38)22(31(23)39)15-24(34)30(32)37-13-7-8-14-37/h5-6,9-10,15-19H,4,7-8,11-14H2,1-3H3,(H,35,40). The monoisotopic (exact) mass is 568 g/mol. The molecule has 42 heavy (non-hydrogen) atoms. The fourth-order valence-electron chi connectivity index (χ4n) is 6.24. The number of hydrogen-bond acceptors (Lipinski definition) is 6. The number of carbonyl (C=O) groups is 1. The summed E-state index contributed by atoms with van der Waals surface area (Å²) < 4.78 is 30.3. The van der Waals surface area contributed by atoms with Gasteiger partial charge < -0.3 is 28.8 Å². The number of ether oxygens (including phenoxy) is 1. The predicted molar refractivity (Wildman–Crippen MR) is 163 cm³/mol. The van der Waals surface area contributed by atoms with Crippen molar-refractivity contribution in [3.8, 4) is 17.2 Å². The number of hydrogen-bond donors (Lipinski definition) is 1. The third-order valence-electron chi connectivity index (χ3n) is 8.87. The molecule has 1 saturated heterocycles. The van der Waals surface area contributed by atoms with Crippen LogP contribution in [0.4, 0.5) is 10.1 Å². The van der Waals surface area contributed by atoms with E-state index in [0.717, 1.165) is 42.2 Å². The number of furan rings is 1. The van der Waals surface area contributed by atoms with Crippen LogP contribution in [0, 0.1) is 5.82 Å². The highest BCUT2D eigenvalue weighted by Crippen LogP contribution is 2.48. The molecule has 0 saturated carbocycles. The maximum atomic E-state index is 15.9. The molecule has 1 atom stereocenters. The number of anilines is 1. The van der Waals surface area contributed by atoms with E-state index in [0.29, 0.717) is 53.6 Å². The molecule has 0 radical (unpaired) electrons. The van der Waals surface area contributed by atoms with Crippen LogP contribution in [0.15, 0.2) is 57.9 Å². The van der Waals surface area contributed by atoms with Gasteiger partial charge in [0.1, 0.15) is 27.9 Å². The van der Waals surface area contributed by atoms with Gasteiger partial charge in [0.15, 0.2) is 17.3 Å². The first kappa shape index (κ1) is 26.5. The molecule has 8 nitrogen and oxygen atoms in total. The number of pyridine rings is 1. The molecular weight excluding hydrogens is 535 g/mol. The van der Waals surface area contributed by atoms with Gasteiger partial charge in [-0.3, -0.25) is 9.59 Å². The molecular formula is C33H33FN4O4. The van der Waals surface area contributed by atoms with Gasteiger partial charge in [0.05, 0.1) is 11.1 Å². The number of nitrogens with one attached hydrogen (secondary N) is 1. The van der Waals surface area contributed by atoms with Gasteiger partial charge in [0.25, 0.3) is 5.91 Å². The predicted octanol–water partition coefficient (Wildman–Crippen LogP) is 6.20. The van der Waals surface area contributed by atoms with Crippen LogP contribution in [0.25, 0.3) is 38.5 Å². The summed E-state index contributed by atoms with van der Waals surface area (Å²) in [6.07, 6.45) is 4.20. The molecule has 0 spiro atoms. The second kappa shape index (κ2) is 10.2. The topological polar surface area (TPSA) is 80.0 Å². The molecule has 0 bridgehead atoms. The fraction of sp³-hybridized carbons (Fsp3) is 0.333.